The van der Waals surface area contributed by atoms with Gasteiger partial charge >= 0.3 is 0 Å². The lowest BCUT2D eigenvalue weighted by atomic mass is 10.2. The van der Waals surface area contributed by atoms with Gasteiger partial charge in [0.2, 0.25) is 5.91 Å². The Morgan fingerprint density at radius 3 is 2.60 bits per heavy atom. The summed E-state index contributed by atoms with van der Waals surface area (Å²) in [7, 11) is 1.62. The van der Waals surface area contributed by atoms with Gasteiger partial charge in [0.25, 0.3) is 0 Å². The number of nitrogens with one attached hydrogen (secondary N) is 1. The second kappa shape index (κ2) is 9.39. The Labute approximate surface area is 119 Å². The second-order valence-electron chi connectivity index (χ2n) is 4.48. The van der Waals surface area contributed by atoms with Crippen LogP contribution in [0, 0.1) is 5.92 Å². The summed E-state index contributed by atoms with van der Waals surface area (Å²) in [6, 6.07) is 0. The molecule has 0 fully saturated rings. The minimum absolute atomic E-state index is 0.0174. The van der Waals surface area contributed by atoms with Gasteiger partial charge < -0.3 is 24.6 Å². The molecular formula is C14H23NO5. The van der Waals surface area contributed by atoms with Crippen LogP contribution in [0.1, 0.15) is 13.3 Å². The summed E-state index contributed by atoms with van der Waals surface area (Å²) in [6.45, 7) is 3.39. The zero-order valence-corrected chi connectivity index (χ0v) is 12.0. The zero-order chi connectivity index (χ0) is 14.8. The summed E-state index contributed by atoms with van der Waals surface area (Å²) in [5.41, 5.74) is 0. The molecule has 0 aliphatic carbocycles. The van der Waals surface area contributed by atoms with E-state index in [1.165, 1.54) is 0 Å². The van der Waals surface area contributed by atoms with E-state index >= 15 is 0 Å². The lowest BCUT2D eigenvalue weighted by Gasteiger charge is -2.11. The molecule has 114 valence electrons. The van der Waals surface area contributed by atoms with Crippen LogP contribution < -0.4 is 5.32 Å². The van der Waals surface area contributed by atoms with Crippen LogP contribution in [0.15, 0.2) is 24.7 Å². The Morgan fingerprint density at radius 2 is 2.10 bits per heavy atom. The van der Waals surface area contributed by atoms with Crippen molar-refractivity contribution in [2.75, 3.05) is 26.9 Å². The molecule has 6 heteroatoms. The lowest BCUT2D eigenvalue weighted by molar-refractivity contribution is -0.123. The van der Waals surface area contributed by atoms with Crippen molar-refractivity contribution in [1.29, 1.82) is 0 Å². The lowest BCUT2D eigenvalue weighted by Crippen LogP contribution is -2.26. The van der Waals surface area contributed by atoms with Crippen LogP contribution in [-0.2, 0) is 19.0 Å². The Balaban J connectivity index is 0.000000204. The average molecular weight is 285 g/mol. The SMILES string of the molecule is CCC(O)COC1C=COC1.CNC(=O)C1C=COC1. The molecular weight excluding hydrogens is 262 g/mol. The minimum Gasteiger partial charge on any atom is -0.500 e. The Kier molecular flexibility index (Phi) is 7.75. The second-order valence-corrected chi connectivity index (χ2v) is 4.48. The van der Waals surface area contributed by atoms with Crippen LogP contribution >= 0.6 is 0 Å². The summed E-state index contributed by atoms with van der Waals surface area (Å²) in [4.78, 5) is 10.8. The van der Waals surface area contributed by atoms with Crippen molar-refractivity contribution < 1.29 is 24.1 Å². The normalized spacial score (nSPS) is 24.4. The molecule has 2 N–H and O–H groups in total. The van der Waals surface area contributed by atoms with E-state index in [0.29, 0.717) is 19.8 Å². The third-order valence-corrected chi connectivity index (χ3v) is 2.89. The van der Waals surface area contributed by atoms with Crippen LogP contribution in [0.25, 0.3) is 0 Å². The van der Waals surface area contributed by atoms with Crippen molar-refractivity contribution >= 4 is 5.91 Å². The van der Waals surface area contributed by atoms with Gasteiger partial charge in [-0.15, -0.1) is 0 Å². The maximum absolute atomic E-state index is 10.8. The summed E-state index contributed by atoms with van der Waals surface area (Å²) < 4.78 is 15.1. The van der Waals surface area contributed by atoms with Gasteiger partial charge in [-0.1, -0.05) is 6.92 Å². The molecule has 2 aliphatic rings. The van der Waals surface area contributed by atoms with Gasteiger partial charge in [0, 0.05) is 7.05 Å². The fraction of sp³-hybridized carbons (Fsp3) is 0.643. The Morgan fingerprint density at radius 1 is 1.40 bits per heavy atom. The van der Waals surface area contributed by atoms with E-state index in [9.17, 15) is 4.79 Å². The van der Waals surface area contributed by atoms with E-state index in [0.717, 1.165) is 6.42 Å². The Bertz CT molecular complexity index is 342. The molecule has 0 aromatic rings. The number of ether oxygens (including phenoxy) is 3. The number of rotatable bonds is 5. The maximum Gasteiger partial charge on any atom is 0.230 e. The van der Waals surface area contributed by atoms with E-state index in [4.69, 9.17) is 19.3 Å². The highest BCUT2D eigenvalue weighted by molar-refractivity contribution is 5.80. The van der Waals surface area contributed by atoms with Crippen molar-refractivity contribution in [1.82, 2.24) is 5.32 Å². The van der Waals surface area contributed by atoms with Crippen LogP contribution in [0.4, 0.5) is 0 Å². The van der Waals surface area contributed by atoms with E-state index in [1.807, 2.05) is 13.0 Å². The molecule has 0 saturated heterocycles. The molecule has 3 unspecified atom stereocenters. The third kappa shape index (κ3) is 6.08. The van der Waals surface area contributed by atoms with Crippen LogP contribution in [0.5, 0.6) is 0 Å². The van der Waals surface area contributed by atoms with Crippen molar-refractivity contribution in [3.63, 3.8) is 0 Å². The number of amides is 1. The van der Waals surface area contributed by atoms with Gasteiger partial charge in [-0.25, -0.2) is 0 Å². The number of aliphatic hydroxyl groups is 1. The summed E-state index contributed by atoms with van der Waals surface area (Å²) in [6.07, 6.45) is 7.21. The van der Waals surface area contributed by atoms with Gasteiger partial charge in [0.1, 0.15) is 19.3 Å². The number of aliphatic hydroxyl groups excluding tert-OH is 1. The maximum atomic E-state index is 10.8. The average Bonchev–Trinajstić information content (AvgIpc) is 3.17. The number of hydrogen-bond donors (Lipinski definition) is 2. The Hall–Kier alpha value is -1.53. The first-order chi connectivity index (χ1) is 9.67. The summed E-state index contributed by atoms with van der Waals surface area (Å²) in [5.74, 6) is -0.0567. The van der Waals surface area contributed by atoms with E-state index in [2.05, 4.69) is 5.32 Å². The predicted molar refractivity (Wildman–Crippen MR) is 73.8 cm³/mol. The molecule has 0 saturated carbocycles. The molecule has 6 nitrogen and oxygen atoms in total. The number of carbonyl (C=O) groups excluding carboxylic acids is 1. The zero-order valence-electron chi connectivity index (χ0n) is 12.0. The highest BCUT2D eigenvalue weighted by Gasteiger charge is 2.17. The van der Waals surface area contributed by atoms with Crippen LogP contribution in [0.3, 0.4) is 0 Å². The van der Waals surface area contributed by atoms with Crippen LogP contribution in [-0.4, -0.2) is 50.1 Å². The van der Waals surface area contributed by atoms with E-state index < -0.39 is 0 Å². The summed E-state index contributed by atoms with van der Waals surface area (Å²) in [5, 5.41) is 11.7. The fourth-order valence-electron chi connectivity index (χ4n) is 1.52. The van der Waals surface area contributed by atoms with Crippen molar-refractivity contribution in [3.05, 3.63) is 24.7 Å². The molecule has 2 aliphatic heterocycles. The predicted octanol–water partition coefficient (Wildman–Crippen LogP) is 0.579. The fourth-order valence-corrected chi connectivity index (χ4v) is 1.52. The molecule has 0 radical (unpaired) electrons. The van der Waals surface area contributed by atoms with Gasteiger partial charge in [-0.2, -0.15) is 0 Å². The molecule has 0 aromatic carbocycles. The van der Waals surface area contributed by atoms with Crippen molar-refractivity contribution in [2.24, 2.45) is 5.92 Å². The topological polar surface area (TPSA) is 77.0 Å². The number of hydrogen-bond acceptors (Lipinski definition) is 5. The summed E-state index contributed by atoms with van der Waals surface area (Å²) >= 11 is 0. The van der Waals surface area contributed by atoms with Crippen LogP contribution in [0.2, 0.25) is 0 Å². The third-order valence-electron chi connectivity index (χ3n) is 2.89. The highest BCUT2D eigenvalue weighted by atomic mass is 16.5. The molecule has 2 heterocycles. The molecule has 1 amide bonds. The van der Waals surface area contributed by atoms with Gasteiger partial charge in [0.05, 0.1) is 31.2 Å². The first-order valence-electron chi connectivity index (χ1n) is 6.75. The quantitative estimate of drug-likeness (QED) is 0.772. The van der Waals surface area contributed by atoms with Gasteiger partial charge in [-0.3, -0.25) is 4.79 Å². The molecule has 3 atom stereocenters. The van der Waals surface area contributed by atoms with Gasteiger partial charge in [-0.05, 0) is 18.6 Å². The monoisotopic (exact) mass is 285 g/mol. The van der Waals surface area contributed by atoms with Crippen molar-refractivity contribution in [2.45, 2.75) is 25.6 Å². The molecule has 0 spiro atoms. The first-order valence-corrected chi connectivity index (χ1v) is 6.75. The minimum atomic E-state index is -0.344. The standard InChI is InChI=1S/C8H14O3.C6H9NO2/c1-2-7(9)5-11-8-3-4-10-6-8;1-7-6(8)5-2-3-9-4-5/h3-4,7-9H,2,5-6H2,1H3;2-3,5H,4H2,1H3,(H,7,8). The molecule has 0 bridgehead atoms. The van der Waals surface area contributed by atoms with Crippen molar-refractivity contribution in [3.8, 4) is 0 Å². The highest BCUT2D eigenvalue weighted by Crippen LogP contribution is 2.07. The first kappa shape index (κ1) is 16.5. The molecule has 0 aromatic heterocycles. The van der Waals surface area contributed by atoms with E-state index in [1.54, 1.807) is 25.6 Å². The molecule has 20 heavy (non-hydrogen) atoms. The van der Waals surface area contributed by atoms with Gasteiger partial charge in [0.15, 0.2) is 0 Å². The number of carbonyl (C=O) groups is 1. The van der Waals surface area contributed by atoms with E-state index in [-0.39, 0.29) is 24.0 Å². The molecule has 2 rings (SSSR count). The smallest absolute Gasteiger partial charge is 0.230 e. The largest absolute Gasteiger partial charge is 0.500 e.